The highest BCUT2D eigenvalue weighted by atomic mass is 16.5. The first-order valence-corrected chi connectivity index (χ1v) is 8.69. The highest BCUT2D eigenvalue weighted by molar-refractivity contribution is 5.96. The summed E-state index contributed by atoms with van der Waals surface area (Å²) < 4.78 is 10.4. The van der Waals surface area contributed by atoms with Crippen molar-refractivity contribution in [3.05, 3.63) is 84.4 Å². The molecule has 3 aromatic rings. The summed E-state index contributed by atoms with van der Waals surface area (Å²) >= 11 is 0. The molecule has 0 aromatic heterocycles. The predicted molar refractivity (Wildman–Crippen MR) is 108 cm³/mol. The van der Waals surface area contributed by atoms with Crippen molar-refractivity contribution in [3.8, 4) is 11.5 Å². The van der Waals surface area contributed by atoms with Crippen molar-refractivity contribution in [2.45, 2.75) is 0 Å². The SMILES string of the molecule is COC(=O)c1cccc(NC(=O)CNc2ccc(Oc3ccccc3)cc2)c1. The summed E-state index contributed by atoms with van der Waals surface area (Å²) in [6.45, 7) is 0.0847. The number of nitrogens with one attached hydrogen (secondary N) is 2. The molecule has 0 aliphatic rings. The average molecular weight is 376 g/mol. The highest BCUT2D eigenvalue weighted by Gasteiger charge is 2.08. The maximum Gasteiger partial charge on any atom is 0.337 e. The zero-order valence-electron chi connectivity index (χ0n) is 15.3. The second kappa shape index (κ2) is 9.23. The molecular formula is C22H20N2O4. The first kappa shape index (κ1) is 19.0. The number of anilines is 2. The standard InChI is InChI=1S/C22H20N2O4/c1-27-22(26)16-6-5-7-18(14-16)24-21(25)15-23-17-10-12-20(13-11-17)28-19-8-3-2-4-9-19/h2-14,23H,15H2,1H3,(H,24,25). The molecule has 3 rings (SSSR count). The molecule has 142 valence electrons. The van der Waals surface area contributed by atoms with E-state index in [0.717, 1.165) is 11.4 Å². The van der Waals surface area contributed by atoms with Crippen LogP contribution >= 0.6 is 0 Å². The van der Waals surface area contributed by atoms with E-state index in [1.807, 2.05) is 54.6 Å². The van der Waals surface area contributed by atoms with Crippen LogP contribution in [0.15, 0.2) is 78.9 Å². The number of amides is 1. The quantitative estimate of drug-likeness (QED) is 0.601. The molecule has 6 nitrogen and oxygen atoms in total. The molecule has 0 aliphatic carbocycles. The lowest BCUT2D eigenvalue weighted by atomic mass is 10.2. The second-order valence-corrected chi connectivity index (χ2v) is 5.91. The third-order valence-electron chi connectivity index (χ3n) is 3.85. The maximum absolute atomic E-state index is 12.1. The van der Waals surface area contributed by atoms with Crippen LogP contribution in [0.5, 0.6) is 11.5 Å². The van der Waals surface area contributed by atoms with Gasteiger partial charge in [-0.2, -0.15) is 0 Å². The van der Waals surface area contributed by atoms with Gasteiger partial charge in [-0.15, -0.1) is 0 Å². The third-order valence-corrected chi connectivity index (χ3v) is 3.85. The van der Waals surface area contributed by atoms with E-state index in [9.17, 15) is 9.59 Å². The lowest BCUT2D eigenvalue weighted by Gasteiger charge is -2.10. The average Bonchev–Trinajstić information content (AvgIpc) is 2.73. The number of para-hydroxylation sites is 1. The van der Waals surface area contributed by atoms with Gasteiger partial charge >= 0.3 is 5.97 Å². The summed E-state index contributed by atoms with van der Waals surface area (Å²) in [5.74, 6) is 0.788. The Kier molecular flexibility index (Phi) is 6.25. The lowest BCUT2D eigenvalue weighted by molar-refractivity contribution is -0.114. The van der Waals surface area contributed by atoms with Gasteiger partial charge in [-0.1, -0.05) is 24.3 Å². The molecule has 0 aliphatic heterocycles. The van der Waals surface area contributed by atoms with Crippen LogP contribution in [0, 0.1) is 0 Å². The Balaban J connectivity index is 1.51. The zero-order valence-corrected chi connectivity index (χ0v) is 15.3. The number of hydrogen-bond donors (Lipinski definition) is 2. The highest BCUT2D eigenvalue weighted by Crippen LogP contribution is 2.22. The summed E-state index contributed by atoms with van der Waals surface area (Å²) in [7, 11) is 1.31. The minimum absolute atomic E-state index is 0.0847. The number of rotatable bonds is 7. The summed E-state index contributed by atoms with van der Waals surface area (Å²) in [4.78, 5) is 23.7. The lowest BCUT2D eigenvalue weighted by Crippen LogP contribution is -2.21. The van der Waals surface area contributed by atoms with Crippen LogP contribution in [0.1, 0.15) is 10.4 Å². The Morgan fingerprint density at radius 2 is 1.54 bits per heavy atom. The third kappa shape index (κ3) is 5.35. The van der Waals surface area contributed by atoms with Crippen LogP contribution < -0.4 is 15.4 Å². The van der Waals surface area contributed by atoms with Crippen molar-refractivity contribution in [3.63, 3.8) is 0 Å². The second-order valence-electron chi connectivity index (χ2n) is 5.91. The number of carbonyl (C=O) groups is 2. The summed E-state index contributed by atoms with van der Waals surface area (Å²) in [6.07, 6.45) is 0. The number of carbonyl (C=O) groups excluding carboxylic acids is 2. The van der Waals surface area contributed by atoms with Crippen molar-refractivity contribution in [2.24, 2.45) is 0 Å². The first-order valence-electron chi connectivity index (χ1n) is 8.69. The van der Waals surface area contributed by atoms with Gasteiger partial charge < -0.3 is 20.1 Å². The normalized spacial score (nSPS) is 10.0. The Hall–Kier alpha value is -3.80. The molecule has 0 spiro atoms. The molecule has 0 saturated carbocycles. The van der Waals surface area contributed by atoms with Crippen LogP contribution in [-0.4, -0.2) is 25.5 Å². The minimum atomic E-state index is -0.452. The summed E-state index contributed by atoms with van der Waals surface area (Å²) in [5.41, 5.74) is 1.70. The molecule has 0 radical (unpaired) electrons. The molecule has 1 amide bonds. The molecular weight excluding hydrogens is 356 g/mol. The minimum Gasteiger partial charge on any atom is -0.465 e. The fourth-order valence-corrected chi connectivity index (χ4v) is 2.49. The van der Waals surface area contributed by atoms with Crippen molar-refractivity contribution in [2.75, 3.05) is 24.3 Å². The van der Waals surface area contributed by atoms with Crippen molar-refractivity contribution >= 4 is 23.3 Å². The van der Waals surface area contributed by atoms with Gasteiger partial charge in [-0.3, -0.25) is 4.79 Å². The molecule has 0 heterocycles. The summed E-state index contributed by atoms with van der Waals surface area (Å²) in [6, 6.07) is 23.4. The number of methoxy groups -OCH3 is 1. The molecule has 2 N–H and O–H groups in total. The summed E-state index contributed by atoms with van der Waals surface area (Å²) in [5, 5.41) is 5.79. The fraction of sp³-hybridized carbons (Fsp3) is 0.0909. The van der Waals surface area contributed by atoms with E-state index in [2.05, 4.69) is 15.4 Å². The number of benzene rings is 3. The van der Waals surface area contributed by atoms with Crippen LogP contribution in [0.25, 0.3) is 0 Å². The topological polar surface area (TPSA) is 76.7 Å². The Morgan fingerprint density at radius 1 is 0.821 bits per heavy atom. The van der Waals surface area contributed by atoms with Crippen molar-refractivity contribution in [1.82, 2.24) is 0 Å². The number of hydrogen-bond acceptors (Lipinski definition) is 5. The Morgan fingerprint density at radius 3 is 2.25 bits per heavy atom. The van der Waals surface area contributed by atoms with E-state index < -0.39 is 5.97 Å². The number of ether oxygens (including phenoxy) is 2. The van der Waals surface area contributed by atoms with Crippen molar-refractivity contribution in [1.29, 1.82) is 0 Å². The number of esters is 1. The zero-order chi connectivity index (χ0) is 19.8. The van der Waals surface area contributed by atoms with Gasteiger partial charge in [0, 0.05) is 11.4 Å². The molecule has 28 heavy (non-hydrogen) atoms. The van der Waals surface area contributed by atoms with Crippen molar-refractivity contribution < 1.29 is 19.1 Å². The van der Waals surface area contributed by atoms with E-state index in [0.29, 0.717) is 17.0 Å². The monoisotopic (exact) mass is 376 g/mol. The van der Waals surface area contributed by atoms with Gasteiger partial charge in [0.1, 0.15) is 11.5 Å². The molecule has 0 atom stereocenters. The van der Waals surface area contributed by atoms with Crippen LogP contribution in [0.3, 0.4) is 0 Å². The molecule has 0 saturated heterocycles. The van der Waals surface area contributed by atoms with Crippen LogP contribution in [0.4, 0.5) is 11.4 Å². The molecule has 3 aromatic carbocycles. The Bertz CT molecular complexity index is 940. The molecule has 0 fully saturated rings. The molecule has 0 unspecified atom stereocenters. The van der Waals surface area contributed by atoms with E-state index >= 15 is 0 Å². The van der Waals surface area contributed by atoms with Gasteiger partial charge in [-0.05, 0) is 54.6 Å². The predicted octanol–water partition coefficient (Wildman–Crippen LogP) is 4.32. The van der Waals surface area contributed by atoms with Gasteiger partial charge in [0.25, 0.3) is 0 Å². The fourth-order valence-electron chi connectivity index (χ4n) is 2.49. The van der Waals surface area contributed by atoms with E-state index in [1.54, 1.807) is 24.3 Å². The van der Waals surface area contributed by atoms with Gasteiger partial charge in [0.05, 0.1) is 19.2 Å². The van der Waals surface area contributed by atoms with Gasteiger partial charge in [-0.25, -0.2) is 4.79 Å². The Labute approximate surface area is 163 Å². The van der Waals surface area contributed by atoms with Crippen LogP contribution in [0.2, 0.25) is 0 Å². The van der Waals surface area contributed by atoms with Crippen LogP contribution in [-0.2, 0) is 9.53 Å². The smallest absolute Gasteiger partial charge is 0.337 e. The van der Waals surface area contributed by atoms with E-state index in [-0.39, 0.29) is 12.5 Å². The van der Waals surface area contributed by atoms with Gasteiger partial charge in [0.15, 0.2) is 0 Å². The largest absolute Gasteiger partial charge is 0.465 e. The maximum atomic E-state index is 12.1. The first-order chi connectivity index (χ1) is 13.6. The molecule has 0 bridgehead atoms. The van der Waals surface area contributed by atoms with E-state index in [1.165, 1.54) is 7.11 Å². The molecule has 6 heteroatoms. The van der Waals surface area contributed by atoms with Gasteiger partial charge in [0.2, 0.25) is 5.91 Å². The van der Waals surface area contributed by atoms with E-state index in [4.69, 9.17) is 4.74 Å².